The largest absolute Gasteiger partial charge is 0.152 e. The van der Waals surface area contributed by atoms with Gasteiger partial charge in [0.15, 0.2) is 0 Å². The molecule has 0 fully saturated rings. The topological polar surface area (TPSA) is 0 Å². The van der Waals surface area contributed by atoms with Crippen LogP contribution in [0.4, 0.5) is 0 Å². The third-order valence-corrected chi connectivity index (χ3v) is 4.94. The lowest BCUT2D eigenvalue weighted by molar-refractivity contribution is 1.33. The summed E-state index contributed by atoms with van der Waals surface area (Å²) in [6.07, 6.45) is 0. The van der Waals surface area contributed by atoms with Gasteiger partial charge in [0.2, 0.25) is 0 Å². The number of halogens is 1. The Bertz CT molecular complexity index is 714. The van der Waals surface area contributed by atoms with Gasteiger partial charge in [-0.15, -0.1) is 11.6 Å². The van der Waals surface area contributed by atoms with Crippen LogP contribution in [0.5, 0.6) is 0 Å². The van der Waals surface area contributed by atoms with E-state index in [0.29, 0.717) is 5.88 Å². The van der Waals surface area contributed by atoms with Crippen molar-refractivity contribution in [3.05, 3.63) is 83.4 Å². The Morgan fingerprint density at radius 1 is 0.714 bits per heavy atom. The van der Waals surface area contributed by atoms with Gasteiger partial charge in [0.05, 0.1) is 0 Å². The summed E-state index contributed by atoms with van der Waals surface area (Å²) in [5.41, 5.74) is 3.95. The van der Waals surface area contributed by atoms with Crippen molar-refractivity contribution in [1.82, 2.24) is 0 Å². The van der Waals surface area contributed by atoms with Crippen molar-refractivity contribution in [2.24, 2.45) is 0 Å². The van der Waals surface area contributed by atoms with Gasteiger partial charge in [-0.1, -0.05) is 66.7 Å². The fourth-order valence-electron chi connectivity index (χ4n) is 2.42. The van der Waals surface area contributed by atoms with Gasteiger partial charge in [0.1, 0.15) is 0 Å². The summed E-state index contributed by atoms with van der Waals surface area (Å²) < 4.78 is 0. The Hall–Kier alpha value is -1.44. The van der Waals surface area contributed by atoms with Gasteiger partial charge in [0.25, 0.3) is 0 Å². The normalized spacial score (nSPS) is 10.9. The molecule has 0 bridgehead atoms. The van der Waals surface area contributed by atoms with Gasteiger partial charge >= 0.3 is 0 Å². The first kappa shape index (κ1) is 14.5. The number of hydrogen-bond acceptors (Lipinski definition) is 1. The summed E-state index contributed by atoms with van der Waals surface area (Å²) >= 11 is 7.77. The molecule has 3 rings (SSSR count). The summed E-state index contributed by atoms with van der Waals surface area (Å²) in [6, 6.07) is 23.7. The maximum Gasteiger partial charge on any atom is 0.0474 e. The molecule has 0 saturated heterocycles. The molecule has 21 heavy (non-hydrogen) atoms. The van der Waals surface area contributed by atoms with Crippen LogP contribution in [-0.2, 0) is 17.4 Å². The highest BCUT2D eigenvalue weighted by atomic mass is 35.5. The first-order chi connectivity index (χ1) is 10.4. The molecule has 0 saturated carbocycles. The molecule has 0 aliphatic carbocycles. The van der Waals surface area contributed by atoms with Crippen molar-refractivity contribution in [3.8, 4) is 0 Å². The SMILES string of the molecule is ClCc1ccc(CSCc2cccc3ccccc23)cc1. The molecule has 2 heteroatoms. The second-order valence-corrected chi connectivity index (χ2v) is 6.33. The molecular formula is C19H17ClS. The third-order valence-electron chi connectivity index (χ3n) is 3.58. The van der Waals surface area contributed by atoms with E-state index >= 15 is 0 Å². The monoisotopic (exact) mass is 312 g/mol. The van der Waals surface area contributed by atoms with E-state index in [1.807, 2.05) is 11.8 Å². The van der Waals surface area contributed by atoms with Crippen LogP contribution in [0, 0.1) is 0 Å². The zero-order valence-corrected chi connectivity index (χ0v) is 13.3. The Labute approximate surface area is 135 Å². The lowest BCUT2D eigenvalue weighted by Gasteiger charge is -2.07. The van der Waals surface area contributed by atoms with E-state index in [1.165, 1.54) is 27.5 Å². The number of alkyl halides is 1. The Morgan fingerprint density at radius 3 is 2.24 bits per heavy atom. The number of benzene rings is 3. The molecule has 0 atom stereocenters. The molecule has 0 spiro atoms. The summed E-state index contributed by atoms with van der Waals surface area (Å²) in [5.74, 6) is 2.66. The predicted octanol–water partition coefficient (Wildman–Crippen LogP) is 6.01. The first-order valence-electron chi connectivity index (χ1n) is 7.05. The highest BCUT2D eigenvalue weighted by Crippen LogP contribution is 2.24. The fourth-order valence-corrected chi connectivity index (χ4v) is 3.60. The van der Waals surface area contributed by atoms with Crippen LogP contribution in [0.3, 0.4) is 0 Å². The Balaban J connectivity index is 1.66. The van der Waals surface area contributed by atoms with Gasteiger partial charge < -0.3 is 0 Å². The number of thioether (sulfide) groups is 1. The Kier molecular flexibility index (Phi) is 4.84. The molecule has 0 aliphatic heterocycles. The molecule has 106 valence electrons. The molecular weight excluding hydrogens is 296 g/mol. The quantitative estimate of drug-likeness (QED) is 0.520. The molecule has 0 unspecified atom stereocenters. The predicted molar refractivity (Wildman–Crippen MR) is 94.9 cm³/mol. The van der Waals surface area contributed by atoms with Crippen LogP contribution in [0.2, 0.25) is 0 Å². The van der Waals surface area contributed by atoms with Crippen LogP contribution >= 0.6 is 23.4 Å². The van der Waals surface area contributed by atoms with E-state index in [-0.39, 0.29) is 0 Å². The molecule has 3 aromatic rings. The number of rotatable bonds is 5. The second-order valence-electron chi connectivity index (χ2n) is 5.08. The van der Waals surface area contributed by atoms with E-state index in [1.54, 1.807) is 0 Å². The van der Waals surface area contributed by atoms with Crippen molar-refractivity contribution in [3.63, 3.8) is 0 Å². The highest BCUT2D eigenvalue weighted by Gasteiger charge is 2.01. The molecule has 0 radical (unpaired) electrons. The minimum absolute atomic E-state index is 0.587. The van der Waals surface area contributed by atoms with Crippen molar-refractivity contribution in [2.75, 3.05) is 0 Å². The summed E-state index contributed by atoms with van der Waals surface area (Å²) in [4.78, 5) is 0. The lowest BCUT2D eigenvalue weighted by atomic mass is 10.1. The minimum Gasteiger partial charge on any atom is -0.152 e. The number of hydrogen-bond donors (Lipinski definition) is 0. The maximum atomic E-state index is 5.81. The van der Waals surface area contributed by atoms with Crippen LogP contribution in [-0.4, -0.2) is 0 Å². The van der Waals surface area contributed by atoms with Gasteiger partial charge in [-0.2, -0.15) is 11.8 Å². The molecule has 0 heterocycles. The smallest absolute Gasteiger partial charge is 0.0474 e. The molecule has 0 aliphatic rings. The van der Waals surface area contributed by atoms with E-state index < -0.39 is 0 Å². The molecule has 3 aromatic carbocycles. The van der Waals surface area contributed by atoms with Crippen molar-refractivity contribution >= 4 is 34.1 Å². The molecule has 0 aromatic heterocycles. The highest BCUT2D eigenvalue weighted by molar-refractivity contribution is 7.97. The molecule has 0 nitrogen and oxygen atoms in total. The van der Waals surface area contributed by atoms with Crippen LogP contribution < -0.4 is 0 Å². The van der Waals surface area contributed by atoms with Crippen LogP contribution in [0.15, 0.2) is 66.7 Å². The van der Waals surface area contributed by atoms with Crippen LogP contribution in [0.25, 0.3) is 10.8 Å². The summed E-state index contributed by atoms with van der Waals surface area (Å²) in [7, 11) is 0. The van der Waals surface area contributed by atoms with Crippen molar-refractivity contribution in [1.29, 1.82) is 0 Å². The standard InChI is InChI=1S/C19H17ClS/c20-12-15-8-10-16(11-9-15)13-21-14-18-6-3-5-17-4-1-2-7-19(17)18/h1-11H,12-14H2. The van der Waals surface area contributed by atoms with Crippen molar-refractivity contribution in [2.45, 2.75) is 17.4 Å². The summed E-state index contributed by atoms with van der Waals surface area (Å²) in [5, 5.41) is 2.69. The average molecular weight is 313 g/mol. The first-order valence-corrected chi connectivity index (χ1v) is 8.74. The summed E-state index contributed by atoms with van der Waals surface area (Å²) in [6.45, 7) is 0. The van der Waals surface area contributed by atoms with E-state index in [4.69, 9.17) is 11.6 Å². The average Bonchev–Trinajstić information content (AvgIpc) is 2.56. The van der Waals surface area contributed by atoms with Crippen LogP contribution in [0.1, 0.15) is 16.7 Å². The third kappa shape index (κ3) is 3.61. The van der Waals surface area contributed by atoms with E-state index in [2.05, 4.69) is 66.7 Å². The van der Waals surface area contributed by atoms with E-state index in [9.17, 15) is 0 Å². The van der Waals surface area contributed by atoms with Gasteiger partial charge in [0, 0.05) is 17.4 Å². The fraction of sp³-hybridized carbons (Fsp3) is 0.158. The number of fused-ring (bicyclic) bond motifs is 1. The molecule has 0 N–H and O–H groups in total. The lowest BCUT2D eigenvalue weighted by Crippen LogP contribution is -1.86. The van der Waals surface area contributed by atoms with E-state index in [0.717, 1.165) is 11.5 Å². The van der Waals surface area contributed by atoms with Gasteiger partial charge in [-0.05, 0) is 27.5 Å². The maximum absolute atomic E-state index is 5.81. The minimum atomic E-state index is 0.587. The van der Waals surface area contributed by atoms with Crippen molar-refractivity contribution < 1.29 is 0 Å². The van der Waals surface area contributed by atoms with Gasteiger partial charge in [-0.3, -0.25) is 0 Å². The molecule has 0 amide bonds. The zero-order valence-electron chi connectivity index (χ0n) is 11.8. The second kappa shape index (κ2) is 7.02. The van der Waals surface area contributed by atoms with Gasteiger partial charge in [-0.25, -0.2) is 0 Å². The zero-order chi connectivity index (χ0) is 14.5. The Morgan fingerprint density at radius 2 is 1.43 bits per heavy atom.